The zero-order valence-corrected chi connectivity index (χ0v) is 11.3. The number of hydrogen-bond donors (Lipinski definition) is 0. The molecule has 1 aliphatic heterocycles. The summed E-state index contributed by atoms with van der Waals surface area (Å²) in [5, 5.41) is 0.612. The number of para-hydroxylation sites is 2. The van der Waals surface area contributed by atoms with Gasteiger partial charge in [0.15, 0.2) is 0 Å². The molecule has 2 rings (SSSR count). The van der Waals surface area contributed by atoms with Crippen molar-refractivity contribution < 1.29 is 4.79 Å². The van der Waals surface area contributed by atoms with Gasteiger partial charge in [0.25, 0.3) is 0 Å². The molecule has 0 unspecified atom stereocenters. The van der Waals surface area contributed by atoms with E-state index in [1.807, 2.05) is 29.2 Å². The Balaban J connectivity index is 2.41. The molecule has 1 amide bonds. The van der Waals surface area contributed by atoms with Crippen LogP contribution in [-0.2, 0) is 4.79 Å². The average molecular weight is 265 g/mol. The molecule has 0 aliphatic carbocycles. The summed E-state index contributed by atoms with van der Waals surface area (Å²) >= 11 is 5.91. The second kappa shape index (κ2) is 5.44. The van der Waals surface area contributed by atoms with E-state index in [9.17, 15) is 4.79 Å². The smallest absolute Gasteiger partial charge is 0.223 e. The third kappa shape index (κ3) is 2.67. The Labute approximate surface area is 113 Å². The van der Waals surface area contributed by atoms with Gasteiger partial charge in [0, 0.05) is 25.0 Å². The van der Waals surface area contributed by atoms with E-state index in [1.54, 1.807) is 6.92 Å². The summed E-state index contributed by atoms with van der Waals surface area (Å²) < 4.78 is 0. The Bertz CT molecular complexity index is 473. The van der Waals surface area contributed by atoms with Crippen LogP contribution in [0.5, 0.6) is 0 Å². The van der Waals surface area contributed by atoms with Gasteiger partial charge >= 0.3 is 0 Å². The van der Waals surface area contributed by atoms with E-state index >= 15 is 0 Å². The van der Waals surface area contributed by atoms with E-state index < -0.39 is 0 Å². The molecule has 3 nitrogen and oxygen atoms in total. The van der Waals surface area contributed by atoms with Gasteiger partial charge in [0.05, 0.1) is 17.9 Å². The zero-order valence-electron chi connectivity index (χ0n) is 10.5. The lowest BCUT2D eigenvalue weighted by atomic mass is 10.2. The molecule has 18 heavy (non-hydrogen) atoms. The summed E-state index contributed by atoms with van der Waals surface area (Å²) in [5.41, 5.74) is 2.01. The maximum atomic E-state index is 11.7. The summed E-state index contributed by atoms with van der Waals surface area (Å²) in [5.74, 6) is 0.0778. The largest absolute Gasteiger partial charge is 0.365 e. The van der Waals surface area contributed by atoms with Crippen LogP contribution in [0.3, 0.4) is 0 Å². The number of amides is 1. The number of carbonyl (C=O) groups excluding carboxylic acids is 1. The fourth-order valence-corrected chi connectivity index (χ4v) is 2.46. The summed E-state index contributed by atoms with van der Waals surface area (Å²) in [4.78, 5) is 15.7. The Kier molecular flexibility index (Phi) is 3.92. The monoisotopic (exact) mass is 264 g/mol. The summed E-state index contributed by atoms with van der Waals surface area (Å²) in [6.45, 7) is 7.60. The molecule has 4 heteroatoms. The Morgan fingerprint density at radius 2 is 2.00 bits per heavy atom. The minimum atomic E-state index is 0.0778. The third-order valence-electron chi connectivity index (χ3n) is 3.07. The summed E-state index contributed by atoms with van der Waals surface area (Å²) in [7, 11) is 0. The molecule has 1 aliphatic rings. The lowest BCUT2D eigenvalue weighted by Gasteiger charge is -2.25. The maximum absolute atomic E-state index is 11.7. The molecule has 0 saturated carbocycles. The summed E-state index contributed by atoms with van der Waals surface area (Å²) in [6.07, 6.45) is 0.929. The fraction of sp³-hybridized carbons (Fsp3) is 0.357. The molecular formula is C14H17ClN2O. The first-order valence-corrected chi connectivity index (χ1v) is 6.43. The molecule has 96 valence electrons. The normalized spacial score (nSPS) is 15.0. The number of benzene rings is 1. The van der Waals surface area contributed by atoms with Crippen molar-refractivity contribution in [3.8, 4) is 0 Å². The van der Waals surface area contributed by atoms with Gasteiger partial charge in [-0.15, -0.1) is 0 Å². The number of rotatable bonds is 2. The van der Waals surface area contributed by atoms with Gasteiger partial charge in [0.2, 0.25) is 5.91 Å². The van der Waals surface area contributed by atoms with Gasteiger partial charge in [-0.05, 0) is 18.6 Å². The number of fused-ring (bicyclic) bond motifs is 1. The van der Waals surface area contributed by atoms with Gasteiger partial charge in [-0.1, -0.05) is 30.3 Å². The van der Waals surface area contributed by atoms with Crippen LogP contribution >= 0.6 is 11.6 Å². The number of halogens is 1. The van der Waals surface area contributed by atoms with Gasteiger partial charge < -0.3 is 9.80 Å². The molecule has 0 N–H and O–H groups in total. The van der Waals surface area contributed by atoms with E-state index in [1.165, 1.54) is 0 Å². The van der Waals surface area contributed by atoms with Gasteiger partial charge in [-0.25, -0.2) is 0 Å². The third-order valence-corrected chi connectivity index (χ3v) is 3.19. The first kappa shape index (κ1) is 13.0. The first-order chi connectivity index (χ1) is 8.59. The Morgan fingerprint density at radius 1 is 1.33 bits per heavy atom. The van der Waals surface area contributed by atoms with Crippen molar-refractivity contribution in [3.05, 3.63) is 35.9 Å². The second-order valence-corrected chi connectivity index (χ2v) is 4.99. The molecule has 0 saturated heterocycles. The predicted octanol–water partition coefficient (Wildman–Crippen LogP) is 3.00. The van der Waals surface area contributed by atoms with Gasteiger partial charge in [-0.3, -0.25) is 4.79 Å². The van der Waals surface area contributed by atoms with Crippen molar-refractivity contribution in [2.45, 2.75) is 13.3 Å². The van der Waals surface area contributed by atoms with Crippen molar-refractivity contribution in [1.29, 1.82) is 0 Å². The molecule has 0 radical (unpaired) electrons. The van der Waals surface area contributed by atoms with E-state index in [2.05, 4.69) is 11.5 Å². The SMILES string of the molecule is C=C(Cl)CN1CCCN(C(C)=O)c2ccccc21. The number of hydrogen-bond acceptors (Lipinski definition) is 2. The minimum Gasteiger partial charge on any atom is -0.365 e. The van der Waals surface area contributed by atoms with Crippen LogP contribution in [0.2, 0.25) is 0 Å². The fourth-order valence-electron chi connectivity index (χ4n) is 2.32. The van der Waals surface area contributed by atoms with E-state index in [0.29, 0.717) is 11.6 Å². The first-order valence-electron chi connectivity index (χ1n) is 6.05. The molecule has 0 bridgehead atoms. The van der Waals surface area contributed by atoms with Crippen molar-refractivity contribution in [1.82, 2.24) is 0 Å². The molecule has 0 spiro atoms. The van der Waals surface area contributed by atoms with Crippen LogP contribution in [-0.4, -0.2) is 25.5 Å². The van der Waals surface area contributed by atoms with Crippen LogP contribution in [0.4, 0.5) is 11.4 Å². The highest BCUT2D eigenvalue weighted by Crippen LogP contribution is 2.32. The number of carbonyl (C=O) groups is 1. The molecular weight excluding hydrogens is 248 g/mol. The Hall–Kier alpha value is -1.48. The van der Waals surface area contributed by atoms with Crippen molar-refractivity contribution in [2.24, 2.45) is 0 Å². The molecule has 1 aromatic rings. The standard InChI is InChI=1S/C14H17ClN2O/c1-11(15)10-16-8-5-9-17(12(2)18)14-7-4-3-6-13(14)16/h3-4,6-7H,1,5,8-10H2,2H3. The topological polar surface area (TPSA) is 23.6 Å². The minimum absolute atomic E-state index is 0.0778. The van der Waals surface area contributed by atoms with Crippen LogP contribution in [0, 0.1) is 0 Å². The Morgan fingerprint density at radius 3 is 2.61 bits per heavy atom. The van der Waals surface area contributed by atoms with E-state index in [0.717, 1.165) is 30.9 Å². The highest BCUT2D eigenvalue weighted by atomic mass is 35.5. The molecule has 0 fully saturated rings. The van der Waals surface area contributed by atoms with Crippen molar-refractivity contribution in [3.63, 3.8) is 0 Å². The highest BCUT2D eigenvalue weighted by Gasteiger charge is 2.22. The van der Waals surface area contributed by atoms with Crippen LogP contribution in [0.15, 0.2) is 35.9 Å². The predicted molar refractivity (Wildman–Crippen MR) is 76.3 cm³/mol. The van der Waals surface area contributed by atoms with Crippen LogP contribution in [0.25, 0.3) is 0 Å². The number of anilines is 2. The van der Waals surface area contributed by atoms with Crippen molar-refractivity contribution in [2.75, 3.05) is 29.4 Å². The van der Waals surface area contributed by atoms with E-state index in [-0.39, 0.29) is 5.91 Å². The average Bonchev–Trinajstić information content (AvgIpc) is 2.49. The molecule has 1 aromatic carbocycles. The highest BCUT2D eigenvalue weighted by molar-refractivity contribution is 6.29. The second-order valence-electron chi connectivity index (χ2n) is 4.45. The maximum Gasteiger partial charge on any atom is 0.223 e. The van der Waals surface area contributed by atoms with Gasteiger partial charge in [-0.2, -0.15) is 0 Å². The van der Waals surface area contributed by atoms with Crippen LogP contribution < -0.4 is 9.80 Å². The quantitative estimate of drug-likeness (QED) is 0.820. The lowest BCUT2D eigenvalue weighted by Crippen LogP contribution is -2.28. The van der Waals surface area contributed by atoms with Crippen LogP contribution in [0.1, 0.15) is 13.3 Å². The van der Waals surface area contributed by atoms with E-state index in [4.69, 9.17) is 11.6 Å². The molecule has 0 atom stereocenters. The molecule has 1 heterocycles. The summed E-state index contributed by atoms with van der Waals surface area (Å²) in [6, 6.07) is 7.93. The van der Waals surface area contributed by atoms with Gasteiger partial charge in [0.1, 0.15) is 0 Å². The molecule has 0 aromatic heterocycles. The zero-order chi connectivity index (χ0) is 13.1. The van der Waals surface area contributed by atoms with Crippen molar-refractivity contribution >= 4 is 28.9 Å². The number of nitrogens with zero attached hydrogens (tertiary/aromatic N) is 2. The lowest BCUT2D eigenvalue weighted by molar-refractivity contribution is -0.116.